The number of nitrogens with one attached hydrogen (secondary N) is 1. The van der Waals surface area contributed by atoms with Gasteiger partial charge in [-0.05, 0) is 37.9 Å². The lowest BCUT2D eigenvalue weighted by molar-refractivity contribution is 0.414. The van der Waals surface area contributed by atoms with Crippen molar-refractivity contribution in [1.29, 1.82) is 0 Å². The number of hydrogen-bond donors (Lipinski definition) is 1. The van der Waals surface area contributed by atoms with Crippen LogP contribution in [0.4, 0.5) is 0 Å². The zero-order chi connectivity index (χ0) is 13.0. The maximum atomic E-state index is 4.44. The second kappa shape index (κ2) is 6.01. The molecule has 0 spiro atoms. The van der Waals surface area contributed by atoms with Crippen molar-refractivity contribution < 1.29 is 0 Å². The summed E-state index contributed by atoms with van der Waals surface area (Å²) in [5, 5.41) is 3.41. The maximum Gasteiger partial charge on any atom is 0.0958 e. The number of para-hydroxylation sites is 2. The molecule has 0 radical (unpaired) electrons. The topological polar surface area (TPSA) is 29.9 Å². The fraction of sp³-hybridized carbons (Fsp3) is 0.533. The number of imidazole rings is 1. The van der Waals surface area contributed by atoms with Gasteiger partial charge in [0.1, 0.15) is 0 Å². The predicted octanol–water partition coefficient (Wildman–Crippen LogP) is 3.06. The molecule has 1 heterocycles. The molecule has 3 heteroatoms. The van der Waals surface area contributed by atoms with Gasteiger partial charge in [0.15, 0.2) is 0 Å². The highest BCUT2D eigenvalue weighted by molar-refractivity contribution is 5.74. The molecule has 0 amide bonds. The smallest absolute Gasteiger partial charge is 0.0958 e. The van der Waals surface area contributed by atoms with E-state index in [1.807, 2.05) is 19.4 Å². The second-order valence-electron chi connectivity index (χ2n) is 5.34. The van der Waals surface area contributed by atoms with E-state index in [1.165, 1.54) is 18.4 Å². The summed E-state index contributed by atoms with van der Waals surface area (Å²) in [6.45, 7) is 5.54. The lowest BCUT2D eigenvalue weighted by Gasteiger charge is -2.18. The summed E-state index contributed by atoms with van der Waals surface area (Å²) in [6.07, 6.45) is 4.42. The fourth-order valence-corrected chi connectivity index (χ4v) is 2.25. The van der Waals surface area contributed by atoms with Crippen LogP contribution in [0.25, 0.3) is 11.0 Å². The zero-order valence-corrected chi connectivity index (χ0v) is 11.6. The Hall–Kier alpha value is -1.35. The molecule has 1 atom stereocenters. The molecule has 1 unspecified atom stereocenters. The number of aromatic nitrogens is 2. The van der Waals surface area contributed by atoms with Gasteiger partial charge in [-0.25, -0.2) is 4.98 Å². The van der Waals surface area contributed by atoms with Crippen LogP contribution in [0.2, 0.25) is 0 Å². The average Bonchev–Trinajstić information content (AvgIpc) is 2.77. The van der Waals surface area contributed by atoms with Crippen molar-refractivity contribution in [3.63, 3.8) is 0 Å². The third kappa shape index (κ3) is 3.10. The number of hydrogen-bond acceptors (Lipinski definition) is 2. The van der Waals surface area contributed by atoms with Gasteiger partial charge in [-0.3, -0.25) is 0 Å². The molecular weight excluding hydrogens is 222 g/mol. The molecule has 1 aromatic heterocycles. The third-order valence-corrected chi connectivity index (χ3v) is 3.45. The number of benzene rings is 1. The van der Waals surface area contributed by atoms with Crippen LogP contribution in [-0.4, -0.2) is 22.6 Å². The van der Waals surface area contributed by atoms with Gasteiger partial charge in [-0.2, -0.15) is 0 Å². The summed E-state index contributed by atoms with van der Waals surface area (Å²) in [4.78, 5) is 4.44. The summed E-state index contributed by atoms with van der Waals surface area (Å²) >= 11 is 0. The van der Waals surface area contributed by atoms with E-state index >= 15 is 0 Å². The molecule has 0 bridgehead atoms. The summed E-state index contributed by atoms with van der Waals surface area (Å²) in [5.41, 5.74) is 2.30. The van der Waals surface area contributed by atoms with Crippen LogP contribution in [0.15, 0.2) is 30.6 Å². The minimum Gasteiger partial charge on any atom is -0.329 e. The van der Waals surface area contributed by atoms with E-state index in [-0.39, 0.29) is 0 Å². The van der Waals surface area contributed by atoms with Crippen molar-refractivity contribution in [3.8, 4) is 0 Å². The Labute approximate surface area is 109 Å². The first-order chi connectivity index (χ1) is 8.70. The molecule has 98 valence electrons. The molecule has 0 aliphatic carbocycles. The van der Waals surface area contributed by atoms with Gasteiger partial charge in [0.05, 0.1) is 17.4 Å². The minimum atomic E-state index is 0.519. The second-order valence-corrected chi connectivity index (χ2v) is 5.34. The summed E-state index contributed by atoms with van der Waals surface area (Å²) in [5.74, 6) is 0.764. The van der Waals surface area contributed by atoms with Gasteiger partial charge < -0.3 is 9.88 Å². The Morgan fingerprint density at radius 1 is 1.22 bits per heavy atom. The zero-order valence-electron chi connectivity index (χ0n) is 11.6. The molecule has 1 N–H and O–H groups in total. The Morgan fingerprint density at radius 2 is 2.00 bits per heavy atom. The maximum absolute atomic E-state index is 4.44. The monoisotopic (exact) mass is 245 g/mol. The van der Waals surface area contributed by atoms with E-state index in [9.17, 15) is 0 Å². The van der Waals surface area contributed by atoms with Crippen LogP contribution in [0.3, 0.4) is 0 Å². The summed E-state index contributed by atoms with van der Waals surface area (Å²) < 4.78 is 2.25. The first-order valence-corrected chi connectivity index (χ1v) is 6.78. The molecule has 3 nitrogen and oxygen atoms in total. The van der Waals surface area contributed by atoms with Crippen molar-refractivity contribution in [2.45, 2.75) is 39.3 Å². The van der Waals surface area contributed by atoms with Gasteiger partial charge in [-0.15, -0.1) is 0 Å². The Morgan fingerprint density at radius 3 is 2.72 bits per heavy atom. The van der Waals surface area contributed by atoms with E-state index in [1.54, 1.807) is 0 Å². The highest BCUT2D eigenvalue weighted by Gasteiger charge is 2.10. The molecule has 1 aromatic carbocycles. The molecule has 0 fully saturated rings. The van der Waals surface area contributed by atoms with Crippen molar-refractivity contribution >= 4 is 11.0 Å². The van der Waals surface area contributed by atoms with E-state index in [0.717, 1.165) is 18.0 Å². The Bertz CT molecular complexity index is 487. The minimum absolute atomic E-state index is 0.519. The highest BCUT2D eigenvalue weighted by atomic mass is 15.1. The van der Waals surface area contributed by atoms with Crippen molar-refractivity contribution in [1.82, 2.24) is 14.9 Å². The standard InChI is InChI=1S/C15H23N3/c1-12(2)8-9-13(16-3)10-18-11-17-14-6-4-5-7-15(14)18/h4-7,11-13,16H,8-10H2,1-3H3. The van der Waals surface area contributed by atoms with E-state index in [2.05, 4.69) is 46.9 Å². The first-order valence-electron chi connectivity index (χ1n) is 6.78. The van der Waals surface area contributed by atoms with Crippen LogP contribution < -0.4 is 5.32 Å². The Balaban J connectivity index is 2.07. The molecule has 18 heavy (non-hydrogen) atoms. The Kier molecular flexibility index (Phi) is 4.37. The van der Waals surface area contributed by atoms with Crippen molar-refractivity contribution in [3.05, 3.63) is 30.6 Å². The third-order valence-electron chi connectivity index (χ3n) is 3.45. The highest BCUT2D eigenvalue weighted by Crippen LogP contribution is 2.14. The predicted molar refractivity (Wildman–Crippen MR) is 76.7 cm³/mol. The SMILES string of the molecule is CNC(CCC(C)C)Cn1cnc2ccccc21. The van der Waals surface area contributed by atoms with Crippen LogP contribution in [0.5, 0.6) is 0 Å². The van der Waals surface area contributed by atoms with Crippen LogP contribution >= 0.6 is 0 Å². The number of rotatable bonds is 6. The lowest BCUT2D eigenvalue weighted by atomic mass is 10.0. The summed E-state index contributed by atoms with van der Waals surface area (Å²) in [6, 6.07) is 8.83. The van der Waals surface area contributed by atoms with Crippen molar-refractivity contribution in [2.24, 2.45) is 5.92 Å². The average molecular weight is 245 g/mol. The number of likely N-dealkylation sites (N-methyl/N-ethyl adjacent to an activating group) is 1. The van der Waals surface area contributed by atoms with Crippen LogP contribution in [0, 0.1) is 5.92 Å². The number of fused-ring (bicyclic) bond motifs is 1. The molecule has 0 saturated heterocycles. The molecular formula is C15H23N3. The largest absolute Gasteiger partial charge is 0.329 e. The van der Waals surface area contributed by atoms with Gasteiger partial charge in [0.2, 0.25) is 0 Å². The van der Waals surface area contributed by atoms with E-state index in [0.29, 0.717) is 6.04 Å². The molecule has 2 aromatic rings. The fourth-order valence-electron chi connectivity index (χ4n) is 2.25. The van der Waals surface area contributed by atoms with Gasteiger partial charge >= 0.3 is 0 Å². The molecule has 0 aliphatic heterocycles. The first kappa shape index (κ1) is 13.1. The molecule has 0 saturated carbocycles. The number of nitrogens with zero attached hydrogens (tertiary/aromatic N) is 2. The normalized spacial score (nSPS) is 13.3. The van der Waals surface area contributed by atoms with E-state index in [4.69, 9.17) is 0 Å². The molecule has 2 rings (SSSR count). The quantitative estimate of drug-likeness (QED) is 0.847. The summed E-state index contributed by atoms with van der Waals surface area (Å²) in [7, 11) is 2.05. The molecule has 0 aliphatic rings. The lowest BCUT2D eigenvalue weighted by Crippen LogP contribution is -2.30. The van der Waals surface area contributed by atoms with Gasteiger partial charge in [-0.1, -0.05) is 26.0 Å². The van der Waals surface area contributed by atoms with Gasteiger partial charge in [0, 0.05) is 12.6 Å². The van der Waals surface area contributed by atoms with Crippen LogP contribution in [-0.2, 0) is 6.54 Å². The van der Waals surface area contributed by atoms with Crippen LogP contribution in [0.1, 0.15) is 26.7 Å². The van der Waals surface area contributed by atoms with Crippen molar-refractivity contribution in [2.75, 3.05) is 7.05 Å². The van der Waals surface area contributed by atoms with E-state index < -0.39 is 0 Å². The van der Waals surface area contributed by atoms with Gasteiger partial charge in [0.25, 0.3) is 0 Å².